The van der Waals surface area contributed by atoms with Crippen LogP contribution in [0, 0.1) is 5.92 Å². The molecule has 0 bridgehead atoms. The molecule has 3 nitrogen and oxygen atoms in total. The van der Waals surface area contributed by atoms with E-state index in [1.807, 2.05) is 23.9 Å². The molecule has 0 amide bonds. The highest BCUT2D eigenvalue weighted by molar-refractivity contribution is 5.02. The highest BCUT2D eigenvalue weighted by atomic mass is 15.3. The van der Waals surface area contributed by atoms with Crippen molar-refractivity contribution in [1.29, 1.82) is 0 Å². The molecule has 1 aromatic rings. The number of rotatable bonds is 4. The lowest BCUT2D eigenvalue weighted by atomic mass is 10.1. The predicted molar refractivity (Wildman–Crippen MR) is 54.3 cm³/mol. The zero-order chi connectivity index (χ0) is 9.84. The third-order valence-electron chi connectivity index (χ3n) is 2.06. The highest BCUT2D eigenvalue weighted by Gasteiger charge is 2.03. The minimum atomic E-state index is 0.0419. The van der Waals surface area contributed by atoms with Crippen molar-refractivity contribution < 1.29 is 0 Å². The average molecular weight is 181 g/mol. The van der Waals surface area contributed by atoms with Gasteiger partial charge in [0.25, 0.3) is 0 Å². The van der Waals surface area contributed by atoms with Gasteiger partial charge in [0.05, 0.1) is 5.69 Å². The first-order chi connectivity index (χ1) is 6.09. The van der Waals surface area contributed by atoms with E-state index >= 15 is 0 Å². The van der Waals surface area contributed by atoms with Gasteiger partial charge in [-0.05, 0) is 25.3 Å². The molecule has 74 valence electrons. The molecule has 0 saturated carbocycles. The first-order valence-electron chi connectivity index (χ1n) is 4.88. The van der Waals surface area contributed by atoms with Crippen LogP contribution >= 0.6 is 0 Å². The van der Waals surface area contributed by atoms with Crippen molar-refractivity contribution in [1.82, 2.24) is 9.78 Å². The molecule has 0 saturated heterocycles. The van der Waals surface area contributed by atoms with Crippen LogP contribution in [0.15, 0.2) is 12.3 Å². The molecule has 0 aliphatic rings. The summed E-state index contributed by atoms with van der Waals surface area (Å²) in [5.41, 5.74) is 6.68. The van der Waals surface area contributed by atoms with Crippen LogP contribution in [0.1, 0.15) is 38.9 Å². The van der Waals surface area contributed by atoms with Crippen LogP contribution in [0.25, 0.3) is 0 Å². The van der Waals surface area contributed by atoms with Crippen LogP contribution in [0.4, 0.5) is 0 Å². The molecule has 3 heteroatoms. The van der Waals surface area contributed by atoms with Crippen molar-refractivity contribution >= 4 is 0 Å². The van der Waals surface area contributed by atoms with Crippen molar-refractivity contribution in [2.24, 2.45) is 11.7 Å². The quantitative estimate of drug-likeness (QED) is 0.771. The summed E-state index contributed by atoms with van der Waals surface area (Å²) >= 11 is 0. The van der Waals surface area contributed by atoms with Crippen LogP contribution < -0.4 is 5.73 Å². The molecule has 1 rings (SSSR count). The third kappa shape index (κ3) is 3.19. The second-order valence-corrected chi connectivity index (χ2v) is 3.97. The van der Waals surface area contributed by atoms with Crippen LogP contribution in [0.5, 0.6) is 0 Å². The Hall–Kier alpha value is -0.830. The van der Waals surface area contributed by atoms with Gasteiger partial charge in [-0.2, -0.15) is 5.10 Å². The van der Waals surface area contributed by atoms with E-state index in [2.05, 4.69) is 18.9 Å². The lowest BCUT2D eigenvalue weighted by Crippen LogP contribution is -2.08. The Morgan fingerprint density at radius 1 is 1.46 bits per heavy atom. The summed E-state index contributed by atoms with van der Waals surface area (Å²) in [6.45, 7) is 7.38. The molecule has 0 unspecified atom stereocenters. The average Bonchev–Trinajstić information content (AvgIpc) is 2.48. The Morgan fingerprint density at radius 2 is 2.15 bits per heavy atom. The smallest absolute Gasteiger partial charge is 0.0788 e. The van der Waals surface area contributed by atoms with E-state index in [0.717, 1.165) is 18.2 Å². The van der Waals surface area contributed by atoms with Crippen LogP contribution in [0.2, 0.25) is 0 Å². The number of nitrogens with two attached hydrogens (primary N) is 1. The molecule has 0 radical (unpaired) electrons. The Labute approximate surface area is 79.9 Å². The van der Waals surface area contributed by atoms with E-state index in [9.17, 15) is 0 Å². The van der Waals surface area contributed by atoms with Crippen molar-refractivity contribution in [3.8, 4) is 0 Å². The van der Waals surface area contributed by atoms with Gasteiger partial charge in [0.15, 0.2) is 0 Å². The maximum Gasteiger partial charge on any atom is 0.0788 e. The second kappa shape index (κ2) is 4.42. The van der Waals surface area contributed by atoms with E-state index in [0.29, 0.717) is 0 Å². The Bertz CT molecular complexity index is 250. The molecule has 0 spiro atoms. The fourth-order valence-corrected chi connectivity index (χ4v) is 1.14. The molecule has 13 heavy (non-hydrogen) atoms. The molecular formula is C10H19N3. The normalized spacial score (nSPS) is 13.6. The molecule has 0 aliphatic heterocycles. The van der Waals surface area contributed by atoms with E-state index in [1.165, 1.54) is 6.42 Å². The number of aromatic nitrogens is 2. The van der Waals surface area contributed by atoms with E-state index in [-0.39, 0.29) is 6.04 Å². The fraction of sp³-hybridized carbons (Fsp3) is 0.700. The van der Waals surface area contributed by atoms with Crippen molar-refractivity contribution in [3.05, 3.63) is 18.0 Å². The van der Waals surface area contributed by atoms with Crippen LogP contribution in [-0.4, -0.2) is 9.78 Å². The summed E-state index contributed by atoms with van der Waals surface area (Å²) in [7, 11) is 0. The molecular weight excluding hydrogens is 162 g/mol. The van der Waals surface area contributed by atoms with Gasteiger partial charge in [0, 0.05) is 18.8 Å². The van der Waals surface area contributed by atoms with Gasteiger partial charge < -0.3 is 5.73 Å². The van der Waals surface area contributed by atoms with Crippen molar-refractivity contribution in [2.45, 2.75) is 39.8 Å². The van der Waals surface area contributed by atoms with Gasteiger partial charge in [-0.25, -0.2) is 0 Å². The molecule has 0 aromatic carbocycles. The van der Waals surface area contributed by atoms with Crippen LogP contribution in [0.3, 0.4) is 0 Å². The first kappa shape index (κ1) is 10.3. The monoisotopic (exact) mass is 181 g/mol. The second-order valence-electron chi connectivity index (χ2n) is 3.97. The summed E-state index contributed by atoms with van der Waals surface area (Å²) in [5.74, 6) is 0.725. The lowest BCUT2D eigenvalue weighted by Gasteiger charge is -2.04. The number of hydrogen-bond donors (Lipinski definition) is 1. The van der Waals surface area contributed by atoms with Crippen molar-refractivity contribution in [3.63, 3.8) is 0 Å². The first-order valence-corrected chi connectivity index (χ1v) is 4.88. The Morgan fingerprint density at radius 3 is 2.62 bits per heavy atom. The van der Waals surface area contributed by atoms with Gasteiger partial charge in [-0.3, -0.25) is 4.68 Å². The van der Waals surface area contributed by atoms with Gasteiger partial charge in [-0.1, -0.05) is 13.8 Å². The predicted octanol–water partition coefficient (Wildman–Crippen LogP) is 1.95. The summed E-state index contributed by atoms with van der Waals surface area (Å²) in [4.78, 5) is 0. The summed E-state index contributed by atoms with van der Waals surface area (Å²) < 4.78 is 1.97. The molecule has 1 heterocycles. The van der Waals surface area contributed by atoms with E-state index in [4.69, 9.17) is 5.73 Å². The topological polar surface area (TPSA) is 43.8 Å². The van der Waals surface area contributed by atoms with E-state index in [1.54, 1.807) is 0 Å². The van der Waals surface area contributed by atoms with Gasteiger partial charge in [0.1, 0.15) is 0 Å². The summed E-state index contributed by atoms with van der Waals surface area (Å²) in [6, 6.07) is 2.03. The van der Waals surface area contributed by atoms with Crippen LogP contribution in [-0.2, 0) is 6.54 Å². The summed E-state index contributed by atoms with van der Waals surface area (Å²) in [5, 5.41) is 4.37. The molecule has 1 aromatic heterocycles. The molecule has 1 atom stereocenters. The third-order valence-corrected chi connectivity index (χ3v) is 2.06. The highest BCUT2D eigenvalue weighted by Crippen LogP contribution is 2.07. The number of aryl methyl sites for hydroxylation is 1. The SMILES string of the molecule is CC(C)CCn1ccc([C@@H](C)N)n1. The fourth-order valence-electron chi connectivity index (χ4n) is 1.14. The van der Waals surface area contributed by atoms with Gasteiger partial charge >= 0.3 is 0 Å². The lowest BCUT2D eigenvalue weighted by molar-refractivity contribution is 0.482. The Balaban J connectivity index is 2.49. The standard InChI is InChI=1S/C10H19N3/c1-8(2)4-6-13-7-5-10(12-13)9(3)11/h5,7-9H,4,6,11H2,1-3H3/t9-/m1/s1. The zero-order valence-corrected chi connectivity index (χ0v) is 8.70. The Kier molecular flexibility index (Phi) is 3.48. The minimum Gasteiger partial charge on any atom is -0.323 e. The largest absolute Gasteiger partial charge is 0.323 e. The van der Waals surface area contributed by atoms with Crippen molar-refractivity contribution in [2.75, 3.05) is 0 Å². The van der Waals surface area contributed by atoms with Gasteiger partial charge in [0.2, 0.25) is 0 Å². The number of nitrogens with zero attached hydrogens (tertiary/aromatic N) is 2. The minimum absolute atomic E-state index is 0.0419. The zero-order valence-electron chi connectivity index (χ0n) is 8.70. The maximum absolute atomic E-state index is 5.71. The summed E-state index contributed by atoms with van der Waals surface area (Å²) in [6.07, 6.45) is 3.17. The number of hydrogen-bond acceptors (Lipinski definition) is 2. The molecule has 0 fully saturated rings. The van der Waals surface area contributed by atoms with Gasteiger partial charge in [-0.15, -0.1) is 0 Å². The molecule has 0 aliphatic carbocycles. The van der Waals surface area contributed by atoms with E-state index < -0.39 is 0 Å². The maximum atomic E-state index is 5.71. The molecule has 2 N–H and O–H groups in total.